The Morgan fingerprint density at radius 2 is 1.64 bits per heavy atom. The van der Waals surface area contributed by atoms with Gasteiger partial charge in [-0.1, -0.05) is 18.2 Å². The highest BCUT2D eigenvalue weighted by Crippen LogP contribution is 2.36. The number of benzene rings is 3. The molecule has 10 heteroatoms. The van der Waals surface area contributed by atoms with Gasteiger partial charge < -0.3 is 19.3 Å². The Balaban J connectivity index is 1.14. The monoisotopic (exact) mass is 663 g/mol. The number of halogens is 1. The Labute approximate surface area is 271 Å². The lowest BCUT2D eigenvalue weighted by Crippen LogP contribution is -2.47. The molecule has 4 heterocycles. The summed E-state index contributed by atoms with van der Waals surface area (Å²) in [6.07, 6.45) is 6.24. The molecule has 0 radical (unpaired) electrons. The van der Waals surface area contributed by atoms with Gasteiger partial charge in [0.05, 0.1) is 37.7 Å². The smallest absolute Gasteiger partial charge is 0.142 e. The zero-order chi connectivity index (χ0) is 30.8. The second kappa shape index (κ2) is 12.8. The van der Waals surface area contributed by atoms with Crippen LogP contribution in [-0.4, -0.2) is 65.0 Å². The SMILES string of the molecule is COc1cccc(CCCc2nccc(-c3cc(N4CCN(c5ncnc6c5C(Br)=NC6)CC4)c4cc(OC)ccc4c3)n2)c1. The third-order valence-corrected chi connectivity index (χ3v) is 9.19. The van der Waals surface area contributed by atoms with Crippen molar-refractivity contribution in [3.05, 3.63) is 95.8 Å². The molecule has 0 amide bonds. The van der Waals surface area contributed by atoms with Crippen molar-refractivity contribution in [2.24, 2.45) is 4.99 Å². The van der Waals surface area contributed by atoms with Crippen molar-refractivity contribution in [1.82, 2.24) is 19.9 Å². The molecule has 3 aromatic carbocycles. The predicted octanol–water partition coefficient (Wildman–Crippen LogP) is 6.26. The van der Waals surface area contributed by atoms with Crippen LogP contribution in [0.5, 0.6) is 11.5 Å². The van der Waals surface area contributed by atoms with Gasteiger partial charge in [0.1, 0.15) is 34.1 Å². The maximum Gasteiger partial charge on any atom is 0.142 e. The third kappa shape index (κ3) is 6.07. The molecule has 0 spiro atoms. The molecule has 0 atom stereocenters. The highest BCUT2D eigenvalue weighted by Gasteiger charge is 2.27. The molecule has 0 bridgehead atoms. The number of ether oxygens (including phenoxy) is 2. The van der Waals surface area contributed by atoms with Crippen LogP contribution < -0.4 is 19.3 Å². The molecule has 45 heavy (non-hydrogen) atoms. The number of piperazine rings is 1. The molecule has 2 aliphatic rings. The molecule has 2 aromatic heterocycles. The van der Waals surface area contributed by atoms with Crippen LogP contribution >= 0.6 is 15.9 Å². The predicted molar refractivity (Wildman–Crippen MR) is 182 cm³/mol. The summed E-state index contributed by atoms with van der Waals surface area (Å²) in [5.41, 5.74) is 6.44. The zero-order valence-corrected chi connectivity index (χ0v) is 27.0. The summed E-state index contributed by atoms with van der Waals surface area (Å²) in [5.74, 6) is 3.54. The van der Waals surface area contributed by atoms with E-state index in [0.717, 1.165) is 106 Å². The molecule has 9 nitrogen and oxygen atoms in total. The molecular formula is C35H34BrN7O2. The first-order chi connectivity index (χ1) is 22.1. The first-order valence-electron chi connectivity index (χ1n) is 15.2. The van der Waals surface area contributed by atoms with E-state index in [0.29, 0.717) is 6.54 Å². The second-order valence-electron chi connectivity index (χ2n) is 11.2. The molecule has 7 rings (SSSR count). The number of aromatic nitrogens is 4. The van der Waals surface area contributed by atoms with Gasteiger partial charge in [-0.2, -0.15) is 0 Å². The van der Waals surface area contributed by atoms with E-state index in [-0.39, 0.29) is 0 Å². The number of aliphatic imine (C=N–C) groups is 1. The number of aryl methyl sites for hydroxylation is 2. The molecule has 5 aromatic rings. The minimum atomic E-state index is 0.596. The van der Waals surface area contributed by atoms with E-state index >= 15 is 0 Å². The van der Waals surface area contributed by atoms with Crippen LogP contribution in [0.4, 0.5) is 11.5 Å². The Hall–Kier alpha value is -4.57. The summed E-state index contributed by atoms with van der Waals surface area (Å²) in [7, 11) is 3.42. The fourth-order valence-corrected chi connectivity index (χ4v) is 6.71. The normalized spacial score (nSPS) is 14.4. The highest BCUT2D eigenvalue weighted by atomic mass is 79.9. The summed E-state index contributed by atoms with van der Waals surface area (Å²) in [4.78, 5) is 28.0. The second-order valence-corrected chi connectivity index (χ2v) is 12.0. The van der Waals surface area contributed by atoms with Crippen LogP contribution in [0.3, 0.4) is 0 Å². The lowest BCUT2D eigenvalue weighted by atomic mass is 10.0. The van der Waals surface area contributed by atoms with Crippen LogP contribution in [0.2, 0.25) is 0 Å². The van der Waals surface area contributed by atoms with Crippen molar-refractivity contribution >= 4 is 42.8 Å². The summed E-state index contributed by atoms with van der Waals surface area (Å²) in [5, 5.41) is 2.31. The van der Waals surface area contributed by atoms with E-state index in [4.69, 9.17) is 14.5 Å². The van der Waals surface area contributed by atoms with Crippen LogP contribution in [-0.2, 0) is 19.4 Å². The number of rotatable bonds is 9. The van der Waals surface area contributed by atoms with E-state index in [1.807, 2.05) is 30.5 Å². The fraction of sp³-hybridized carbons (Fsp3) is 0.286. The topological polar surface area (TPSA) is 88.9 Å². The van der Waals surface area contributed by atoms with Crippen molar-refractivity contribution < 1.29 is 9.47 Å². The number of fused-ring (bicyclic) bond motifs is 2. The summed E-state index contributed by atoms with van der Waals surface area (Å²) >= 11 is 3.61. The van der Waals surface area contributed by atoms with Gasteiger partial charge in [0, 0.05) is 55.4 Å². The summed E-state index contributed by atoms with van der Waals surface area (Å²) in [6, 6.07) is 21.0. The van der Waals surface area contributed by atoms with Crippen molar-refractivity contribution in [1.29, 1.82) is 0 Å². The van der Waals surface area contributed by atoms with Crippen molar-refractivity contribution in [2.45, 2.75) is 25.8 Å². The standard InChI is InChI=1S/C35H34BrN7O2/c1-44-26-7-3-5-23(17-26)6-4-8-32-37-12-11-29(41-32)25-18-24-9-10-27(45-2)20-28(24)31(19-25)42-13-15-43(16-14-42)35-33-30(39-22-40-35)21-38-34(33)36/h3,5,7,9-12,17-20,22H,4,6,8,13-16,21H2,1-2H3. The molecule has 0 saturated carbocycles. The highest BCUT2D eigenvalue weighted by molar-refractivity contribution is 9.18. The minimum absolute atomic E-state index is 0.596. The van der Waals surface area contributed by atoms with E-state index in [1.165, 1.54) is 11.3 Å². The van der Waals surface area contributed by atoms with Crippen molar-refractivity contribution in [3.8, 4) is 22.8 Å². The number of methoxy groups -OCH3 is 2. The molecular weight excluding hydrogens is 630 g/mol. The Morgan fingerprint density at radius 3 is 2.49 bits per heavy atom. The van der Waals surface area contributed by atoms with E-state index in [1.54, 1.807) is 20.5 Å². The van der Waals surface area contributed by atoms with Crippen LogP contribution in [0.25, 0.3) is 22.0 Å². The Bertz CT molecular complexity index is 1890. The third-order valence-electron chi connectivity index (χ3n) is 8.54. The van der Waals surface area contributed by atoms with E-state index in [2.05, 4.69) is 82.1 Å². The van der Waals surface area contributed by atoms with Crippen LogP contribution in [0.15, 0.2) is 78.2 Å². The maximum atomic E-state index is 5.62. The fourth-order valence-electron chi connectivity index (χ4n) is 6.18. The van der Waals surface area contributed by atoms with Gasteiger partial charge in [0.2, 0.25) is 0 Å². The van der Waals surface area contributed by atoms with Crippen molar-refractivity contribution in [2.75, 3.05) is 50.2 Å². The van der Waals surface area contributed by atoms with Crippen LogP contribution in [0.1, 0.15) is 29.1 Å². The maximum absolute atomic E-state index is 5.62. The first-order valence-corrected chi connectivity index (χ1v) is 16.0. The number of anilines is 2. The zero-order valence-electron chi connectivity index (χ0n) is 25.4. The number of nitrogens with zero attached hydrogens (tertiary/aromatic N) is 7. The average molecular weight is 665 g/mol. The van der Waals surface area contributed by atoms with Gasteiger partial charge in [-0.3, -0.25) is 4.99 Å². The minimum Gasteiger partial charge on any atom is -0.497 e. The number of hydrogen-bond acceptors (Lipinski definition) is 9. The molecule has 0 unspecified atom stereocenters. The largest absolute Gasteiger partial charge is 0.497 e. The van der Waals surface area contributed by atoms with Gasteiger partial charge in [0.25, 0.3) is 0 Å². The molecule has 1 saturated heterocycles. The van der Waals surface area contributed by atoms with E-state index in [9.17, 15) is 0 Å². The molecule has 1 fully saturated rings. The first kappa shape index (κ1) is 29.2. The Kier molecular flexibility index (Phi) is 8.30. The van der Waals surface area contributed by atoms with Gasteiger partial charge in [-0.15, -0.1) is 0 Å². The number of hydrogen-bond donors (Lipinski definition) is 0. The van der Waals surface area contributed by atoms with Gasteiger partial charge >= 0.3 is 0 Å². The van der Waals surface area contributed by atoms with Crippen molar-refractivity contribution in [3.63, 3.8) is 0 Å². The molecule has 228 valence electrons. The molecule has 0 N–H and O–H groups in total. The van der Waals surface area contributed by atoms with Gasteiger partial charge in [0.15, 0.2) is 0 Å². The summed E-state index contributed by atoms with van der Waals surface area (Å²) < 4.78 is 11.8. The summed E-state index contributed by atoms with van der Waals surface area (Å²) in [6.45, 7) is 3.97. The van der Waals surface area contributed by atoms with Gasteiger partial charge in [-0.25, -0.2) is 19.9 Å². The van der Waals surface area contributed by atoms with E-state index < -0.39 is 0 Å². The van der Waals surface area contributed by atoms with Gasteiger partial charge in [-0.05, 0) is 82.2 Å². The lowest BCUT2D eigenvalue weighted by molar-refractivity contribution is 0.414. The quantitative estimate of drug-likeness (QED) is 0.183. The average Bonchev–Trinajstić information content (AvgIpc) is 3.48. The van der Waals surface area contributed by atoms with Crippen LogP contribution in [0, 0.1) is 0 Å². The molecule has 0 aliphatic carbocycles. The lowest BCUT2D eigenvalue weighted by Gasteiger charge is -2.38. The molecule has 2 aliphatic heterocycles. The Morgan fingerprint density at radius 1 is 0.822 bits per heavy atom.